The second-order valence-electron chi connectivity index (χ2n) is 4.00. The van der Waals surface area contributed by atoms with E-state index in [-0.39, 0.29) is 11.9 Å². The van der Waals surface area contributed by atoms with Gasteiger partial charge in [-0.2, -0.15) is 0 Å². The van der Waals surface area contributed by atoms with Crippen LogP contribution in [-0.4, -0.2) is 25.5 Å². The third kappa shape index (κ3) is 2.22. The number of carbonyl (C=O) groups is 2. The van der Waals surface area contributed by atoms with Gasteiger partial charge in [-0.05, 0) is 24.6 Å². The molecule has 1 aliphatic heterocycles. The Morgan fingerprint density at radius 1 is 1.35 bits per heavy atom. The Kier molecular flexibility index (Phi) is 2.99. The Morgan fingerprint density at radius 3 is 2.76 bits per heavy atom. The summed E-state index contributed by atoms with van der Waals surface area (Å²) in [7, 11) is 1.84. The van der Waals surface area contributed by atoms with Crippen LogP contribution in [0.3, 0.4) is 0 Å². The molecule has 0 aliphatic carbocycles. The molecule has 2 N–H and O–H groups in total. The number of hydrogen-bond acceptors (Lipinski definition) is 3. The SMILES string of the molecule is CNc1cc(N2CCC(=O)NC2=O)ccc1C. The van der Waals surface area contributed by atoms with Crippen molar-refractivity contribution in [3.05, 3.63) is 23.8 Å². The highest BCUT2D eigenvalue weighted by atomic mass is 16.2. The lowest BCUT2D eigenvalue weighted by atomic mass is 10.1. The smallest absolute Gasteiger partial charge is 0.328 e. The highest BCUT2D eigenvalue weighted by molar-refractivity contribution is 6.05. The first-order chi connectivity index (χ1) is 8.11. The molecule has 1 aliphatic rings. The zero-order valence-electron chi connectivity index (χ0n) is 9.91. The Balaban J connectivity index is 2.28. The summed E-state index contributed by atoms with van der Waals surface area (Å²) in [5, 5.41) is 5.38. The van der Waals surface area contributed by atoms with Gasteiger partial charge < -0.3 is 5.32 Å². The second kappa shape index (κ2) is 4.45. The third-order valence-electron chi connectivity index (χ3n) is 2.86. The number of nitrogens with one attached hydrogen (secondary N) is 2. The molecule has 17 heavy (non-hydrogen) atoms. The summed E-state index contributed by atoms with van der Waals surface area (Å²) in [5.41, 5.74) is 2.89. The van der Waals surface area contributed by atoms with Crippen LogP contribution in [0.15, 0.2) is 18.2 Å². The van der Waals surface area contributed by atoms with E-state index in [0.717, 1.165) is 16.9 Å². The van der Waals surface area contributed by atoms with Gasteiger partial charge >= 0.3 is 6.03 Å². The molecule has 0 saturated carbocycles. The molecule has 0 unspecified atom stereocenters. The van der Waals surface area contributed by atoms with Gasteiger partial charge in [0.05, 0.1) is 0 Å². The fraction of sp³-hybridized carbons (Fsp3) is 0.333. The minimum Gasteiger partial charge on any atom is -0.388 e. The van der Waals surface area contributed by atoms with Crippen molar-refractivity contribution in [2.75, 3.05) is 23.8 Å². The molecule has 3 amide bonds. The summed E-state index contributed by atoms with van der Waals surface area (Å²) in [6.45, 7) is 2.42. The van der Waals surface area contributed by atoms with E-state index < -0.39 is 0 Å². The van der Waals surface area contributed by atoms with E-state index in [4.69, 9.17) is 0 Å². The maximum absolute atomic E-state index is 11.7. The van der Waals surface area contributed by atoms with E-state index >= 15 is 0 Å². The van der Waals surface area contributed by atoms with Gasteiger partial charge in [-0.3, -0.25) is 15.0 Å². The highest BCUT2D eigenvalue weighted by Gasteiger charge is 2.24. The Labute approximate surface area is 99.8 Å². The van der Waals surface area contributed by atoms with Crippen LogP contribution in [0.1, 0.15) is 12.0 Å². The summed E-state index contributed by atoms with van der Waals surface area (Å²) in [6, 6.07) is 5.38. The lowest BCUT2D eigenvalue weighted by Gasteiger charge is -2.27. The van der Waals surface area contributed by atoms with E-state index in [1.807, 2.05) is 32.2 Å². The van der Waals surface area contributed by atoms with Crippen LogP contribution in [0.5, 0.6) is 0 Å². The normalized spacial score (nSPS) is 15.8. The van der Waals surface area contributed by atoms with Crippen LogP contribution in [0.2, 0.25) is 0 Å². The summed E-state index contributed by atoms with van der Waals surface area (Å²) in [5.74, 6) is -0.216. The van der Waals surface area contributed by atoms with Crippen LogP contribution in [-0.2, 0) is 4.79 Å². The first-order valence-corrected chi connectivity index (χ1v) is 5.51. The fourth-order valence-corrected chi connectivity index (χ4v) is 1.86. The number of amides is 3. The molecule has 1 heterocycles. The number of hydrogen-bond donors (Lipinski definition) is 2. The van der Waals surface area contributed by atoms with Crippen LogP contribution < -0.4 is 15.5 Å². The van der Waals surface area contributed by atoms with Gasteiger partial charge in [-0.15, -0.1) is 0 Å². The number of aryl methyl sites for hydroxylation is 1. The van der Waals surface area contributed by atoms with Crippen molar-refractivity contribution in [1.82, 2.24) is 5.32 Å². The molecule has 5 heteroatoms. The summed E-state index contributed by atoms with van der Waals surface area (Å²) < 4.78 is 0. The third-order valence-corrected chi connectivity index (χ3v) is 2.86. The predicted molar refractivity (Wildman–Crippen MR) is 66.2 cm³/mol. The second-order valence-corrected chi connectivity index (χ2v) is 4.00. The first-order valence-electron chi connectivity index (χ1n) is 5.51. The number of rotatable bonds is 2. The summed E-state index contributed by atoms with van der Waals surface area (Å²) >= 11 is 0. The zero-order chi connectivity index (χ0) is 12.4. The molecular formula is C12H15N3O2. The first kappa shape index (κ1) is 11.4. The molecule has 0 bridgehead atoms. The average molecular weight is 233 g/mol. The van der Waals surface area contributed by atoms with Crippen molar-refractivity contribution in [2.24, 2.45) is 0 Å². The molecule has 0 atom stereocenters. The summed E-state index contributed by atoms with van der Waals surface area (Å²) in [4.78, 5) is 24.3. The minimum atomic E-state index is -0.354. The predicted octanol–water partition coefficient (Wildman–Crippen LogP) is 1.48. The van der Waals surface area contributed by atoms with Gasteiger partial charge in [0, 0.05) is 31.4 Å². The van der Waals surface area contributed by atoms with Crippen molar-refractivity contribution in [3.63, 3.8) is 0 Å². The molecule has 1 fully saturated rings. The van der Waals surface area contributed by atoms with Crippen molar-refractivity contribution >= 4 is 23.3 Å². The van der Waals surface area contributed by atoms with E-state index in [9.17, 15) is 9.59 Å². The van der Waals surface area contributed by atoms with E-state index in [1.165, 1.54) is 0 Å². The highest BCUT2D eigenvalue weighted by Crippen LogP contribution is 2.24. The Morgan fingerprint density at radius 2 is 2.12 bits per heavy atom. The van der Waals surface area contributed by atoms with Gasteiger partial charge in [0.15, 0.2) is 0 Å². The average Bonchev–Trinajstić information content (AvgIpc) is 2.30. The molecule has 0 radical (unpaired) electrons. The molecule has 90 valence electrons. The Hall–Kier alpha value is -2.04. The monoisotopic (exact) mass is 233 g/mol. The molecule has 1 aromatic rings. The minimum absolute atomic E-state index is 0.216. The van der Waals surface area contributed by atoms with Crippen molar-refractivity contribution in [1.29, 1.82) is 0 Å². The number of imide groups is 1. The lowest BCUT2D eigenvalue weighted by molar-refractivity contribution is -0.120. The molecule has 2 rings (SSSR count). The number of anilines is 2. The largest absolute Gasteiger partial charge is 0.388 e. The van der Waals surface area contributed by atoms with Crippen LogP contribution in [0.4, 0.5) is 16.2 Å². The van der Waals surface area contributed by atoms with Gasteiger partial charge in [-0.1, -0.05) is 6.07 Å². The van der Waals surface area contributed by atoms with Crippen LogP contribution in [0.25, 0.3) is 0 Å². The molecule has 0 spiro atoms. The van der Waals surface area contributed by atoms with Gasteiger partial charge in [0.1, 0.15) is 0 Å². The van der Waals surface area contributed by atoms with E-state index in [1.54, 1.807) is 4.90 Å². The number of nitrogens with zero attached hydrogens (tertiary/aromatic N) is 1. The number of benzene rings is 1. The molecule has 5 nitrogen and oxygen atoms in total. The van der Waals surface area contributed by atoms with E-state index in [2.05, 4.69) is 10.6 Å². The molecule has 1 saturated heterocycles. The zero-order valence-corrected chi connectivity index (χ0v) is 9.91. The van der Waals surface area contributed by atoms with E-state index in [0.29, 0.717) is 13.0 Å². The topological polar surface area (TPSA) is 61.4 Å². The standard InChI is InChI=1S/C12H15N3O2/c1-8-3-4-9(7-10(8)13-2)15-6-5-11(16)14-12(15)17/h3-4,7,13H,5-6H2,1-2H3,(H,14,16,17). The van der Waals surface area contributed by atoms with Gasteiger partial charge in [0.2, 0.25) is 5.91 Å². The van der Waals surface area contributed by atoms with Crippen LogP contribution >= 0.6 is 0 Å². The molecular weight excluding hydrogens is 218 g/mol. The maximum atomic E-state index is 11.7. The fourth-order valence-electron chi connectivity index (χ4n) is 1.86. The van der Waals surface area contributed by atoms with Gasteiger partial charge in [0.25, 0.3) is 0 Å². The molecule has 0 aromatic heterocycles. The number of carbonyl (C=O) groups excluding carboxylic acids is 2. The summed E-state index contributed by atoms with van der Waals surface area (Å²) in [6.07, 6.45) is 0.342. The number of urea groups is 1. The molecule has 1 aromatic carbocycles. The quantitative estimate of drug-likeness (QED) is 0.813. The maximum Gasteiger partial charge on any atom is 0.328 e. The van der Waals surface area contributed by atoms with Crippen molar-refractivity contribution in [2.45, 2.75) is 13.3 Å². The van der Waals surface area contributed by atoms with Crippen molar-refractivity contribution in [3.8, 4) is 0 Å². The Bertz CT molecular complexity index is 471. The van der Waals surface area contributed by atoms with Crippen LogP contribution in [0, 0.1) is 6.92 Å². The van der Waals surface area contributed by atoms with Gasteiger partial charge in [-0.25, -0.2) is 4.79 Å². The van der Waals surface area contributed by atoms with Crippen molar-refractivity contribution < 1.29 is 9.59 Å². The lowest BCUT2D eigenvalue weighted by Crippen LogP contribution is -2.49.